The molecule has 1 aromatic heterocycles. The van der Waals surface area contributed by atoms with Crippen LogP contribution in [0.2, 0.25) is 0 Å². The largest absolute Gasteiger partial charge is 0.298 e. The Hall–Kier alpha value is -1.35. The lowest BCUT2D eigenvalue weighted by molar-refractivity contribution is 0.146. The van der Waals surface area contributed by atoms with Crippen molar-refractivity contribution in [1.82, 2.24) is 4.98 Å². The highest BCUT2D eigenvalue weighted by Crippen LogP contribution is 2.25. The lowest BCUT2D eigenvalue weighted by Gasteiger charge is -2.06. The third kappa shape index (κ3) is 2.36. The van der Waals surface area contributed by atoms with Gasteiger partial charge in [-0.3, -0.25) is 9.78 Å². The first-order chi connectivity index (χ1) is 6.73. The van der Waals surface area contributed by atoms with E-state index >= 15 is 0 Å². The minimum atomic E-state index is -4.65. The maximum atomic E-state index is 12.9. The first-order valence-electron chi connectivity index (χ1n) is 3.47. The van der Waals surface area contributed by atoms with Crippen LogP contribution < -0.4 is 10.7 Å². The fraction of sp³-hybridized carbons (Fsp3) is 0.167. The van der Waals surface area contributed by atoms with Crippen molar-refractivity contribution in [2.45, 2.75) is 11.3 Å². The normalized spacial score (nSPS) is 12.1. The highest BCUT2D eigenvalue weighted by atomic mass is 32.2. The van der Waals surface area contributed by atoms with Crippen molar-refractivity contribution in [2.75, 3.05) is 0 Å². The fourth-order valence-electron chi connectivity index (χ4n) is 0.986. The fourth-order valence-corrected chi connectivity index (χ4v) is 1.76. The van der Waals surface area contributed by atoms with E-state index in [1.54, 1.807) is 0 Å². The summed E-state index contributed by atoms with van der Waals surface area (Å²) < 4.78 is 59.0. The lowest BCUT2D eigenvalue weighted by atomic mass is 10.3. The summed E-state index contributed by atoms with van der Waals surface area (Å²) in [4.78, 5) is 10.7. The van der Waals surface area contributed by atoms with E-state index in [9.17, 15) is 26.4 Å². The van der Waals surface area contributed by atoms with Crippen molar-refractivity contribution in [2.24, 2.45) is 5.14 Å². The Balaban J connectivity index is 3.70. The monoisotopic (exact) mass is 242 g/mol. The number of hydrogen-bond acceptors (Lipinski definition) is 3. The molecule has 1 rings (SSSR count). The molecular weight excluding hydrogens is 237 g/mol. The summed E-state index contributed by atoms with van der Waals surface area (Å²) in [6, 6.07) is 0.285. The molecule has 0 fully saturated rings. The molecular formula is C6H5F3N2O3S. The van der Waals surface area contributed by atoms with E-state index in [4.69, 9.17) is 0 Å². The minimum Gasteiger partial charge on any atom is -0.298 e. The lowest BCUT2D eigenvalue weighted by Crippen LogP contribution is -2.21. The number of primary sulfonamides is 1. The number of nitrogens with two attached hydrogens (primary N) is 1. The van der Waals surface area contributed by atoms with E-state index in [-0.39, 0.29) is 6.07 Å². The molecule has 0 radical (unpaired) electrons. The van der Waals surface area contributed by atoms with Crippen molar-refractivity contribution in [3.8, 4) is 0 Å². The van der Waals surface area contributed by atoms with Crippen molar-refractivity contribution in [1.29, 1.82) is 0 Å². The smallest absolute Gasteiger partial charge is 0.265 e. The first-order valence-corrected chi connectivity index (χ1v) is 5.02. The highest BCUT2D eigenvalue weighted by Gasteiger charge is 2.26. The highest BCUT2D eigenvalue weighted by molar-refractivity contribution is 7.89. The second-order valence-corrected chi connectivity index (χ2v) is 4.08. The van der Waals surface area contributed by atoms with Gasteiger partial charge < -0.3 is 0 Å². The van der Waals surface area contributed by atoms with Crippen LogP contribution in [-0.2, 0) is 10.0 Å². The third-order valence-electron chi connectivity index (χ3n) is 1.50. The Bertz CT molecular complexity index is 537. The number of H-pyrrole nitrogens is 1. The summed E-state index contributed by atoms with van der Waals surface area (Å²) in [6.45, 7) is 0. The van der Waals surface area contributed by atoms with Crippen molar-refractivity contribution in [3.63, 3.8) is 0 Å². The number of alkyl halides is 2. The molecule has 0 spiro atoms. The van der Waals surface area contributed by atoms with Gasteiger partial charge >= 0.3 is 0 Å². The van der Waals surface area contributed by atoms with Gasteiger partial charge in [-0.15, -0.1) is 0 Å². The van der Waals surface area contributed by atoms with Crippen molar-refractivity contribution in [3.05, 3.63) is 27.9 Å². The molecule has 15 heavy (non-hydrogen) atoms. The van der Waals surface area contributed by atoms with Gasteiger partial charge in [0.05, 0.1) is 0 Å². The molecule has 0 bridgehead atoms. The maximum Gasteiger partial charge on any atom is 0.265 e. The zero-order valence-electron chi connectivity index (χ0n) is 7.00. The second kappa shape index (κ2) is 3.66. The third-order valence-corrected chi connectivity index (χ3v) is 2.48. The van der Waals surface area contributed by atoms with Crippen LogP contribution in [0.25, 0.3) is 0 Å². The summed E-state index contributed by atoms with van der Waals surface area (Å²) in [5, 5.41) is 4.52. The number of aromatic nitrogens is 1. The predicted molar refractivity (Wildman–Crippen MR) is 43.4 cm³/mol. The molecule has 84 valence electrons. The van der Waals surface area contributed by atoms with Gasteiger partial charge in [0.2, 0.25) is 16.0 Å². The number of hydrogen-bond donors (Lipinski definition) is 2. The van der Waals surface area contributed by atoms with Crippen LogP contribution in [0.1, 0.15) is 12.0 Å². The van der Waals surface area contributed by atoms with E-state index in [1.807, 2.05) is 0 Å². The van der Waals surface area contributed by atoms with Crippen LogP contribution in [0.15, 0.2) is 15.8 Å². The average molecular weight is 242 g/mol. The molecule has 0 aliphatic rings. The molecule has 0 amide bonds. The predicted octanol–water partition coefficient (Wildman–Crippen LogP) is 0.0990. The van der Waals surface area contributed by atoms with Gasteiger partial charge in [0.25, 0.3) is 12.0 Å². The summed E-state index contributed by atoms with van der Waals surface area (Å²) in [7, 11) is -4.65. The topological polar surface area (TPSA) is 93.0 Å². The van der Waals surface area contributed by atoms with Crippen LogP contribution in [0.3, 0.4) is 0 Å². The zero-order chi connectivity index (χ0) is 11.8. The van der Waals surface area contributed by atoms with E-state index < -0.39 is 38.4 Å². The summed E-state index contributed by atoms with van der Waals surface area (Å²) >= 11 is 0. The number of aromatic amines is 1. The van der Waals surface area contributed by atoms with E-state index in [2.05, 4.69) is 5.14 Å². The molecule has 0 saturated carbocycles. The molecule has 0 aromatic carbocycles. The van der Waals surface area contributed by atoms with Gasteiger partial charge in [0.1, 0.15) is 4.90 Å². The molecule has 9 heteroatoms. The van der Waals surface area contributed by atoms with E-state index in [1.165, 1.54) is 4.98 Å². The Morgan fingerprint density at radius 3 is 2.33 bits per heavy atom. The Morgan fingerprint density at radius 2 is 1.93 bits per heavy atom. The molecule has 0 aliphatic carbocycles. The summed E-state index contributed by atoms with van der Waals surface area (Å²) in [6.07, 6.45) is -3.31. The van der Waals surface area contributed by atoms with Crippen molar-refractivity contribution >= 4 is 10.0 Å². The number of sulfonamides is 1. The Kier molecular flexibility index (Phi) is 2.86. The van der Waals surface area contributed by atoms with Crippen LogP contribution >= 0.6 is 0 Å². The maximum absolute atomic E-state index is 12.9. The number of rotatable bonds is 2. The number of halogens is 3. The molecule has 0 saturated heterocycles. The summed E-state index contributed by atoms with van der Waals surface area (Å²) in [5.74, 6) is -1.69. The molecule has 0 atom stereocenters. The van der Waals surface area contributed by atoms with Crippen LogP contribution in [0.4, 0.5) is 13.2 Å². The molecule has 1 aromatic rings. The number of nitrogens with one attached hydrogen (secondary N) is 1. The van der Waals surface area contributed by atoms with Gasteiger partial charge in [0.15, 0.2) is 0 Å². The average Bonchev–Trinajstić information content (AvgIpc) is 1.99. The van der Waals surface area contributed by atoms with Crippen molar-refractivity contribution < 1.29 is 21.6 Å². The zero-order valence-corrected chi connectivity index (χ0v) is 7.82. The quantitative estimate of drug-likeness (QED) is 0.720. The van der Waals surface area contributed by atoms with Crippen LogP contribution in [-0.4, -0.2) is 13.4 Å². The van der Waals surface area contributed by atoms with E-state index in [0.717, 1.165) is 0 Å². The molecule has 5 nitrogen and oxygen atoms in total. The molecule has 1 heterocycles. The molecule has 3 N–H and O–H groups in total. The minimum absolute atomic E-state index is 0.285. The molecule has 0 aliphatic heterocycles. The SMILES string of the molecule is NS(=O)(=O)c1c(C(F)F)cc(=O)[nH]c1F. The van der Waals surface area contributed by atoms with Gasteiger partial charge in [0, 0.05) is 11.6 Å². The van der Waals surface area contributed by atoms with Gasteiger partial charge in [-0.2, -0.15) is 4.39 Å². The number of pyridine rings is 1. The molecule has 0 unspecified atom stereocenters. The van der Waals surface area contributed by atoms with Gasteiger partial charge in [-0.25, -0.2) is 22.3 Å². The van der Waals surface area contributed by atoms with Crippen LogP contribution in [0.5, 0.6) is 0 Å². The Labute approximate surface area is 81.8 Å². The summed E-state index contributed by atoms with van der Waals surface area (Å²) in [5.41, 5.74) is -2.42. The second-order valence-electron chi connectivity index (χ2n) is 2.58. The standard InChI is InChI=1S/C6H5F3N2O3S/c7-5(8)2-1-3(12)11-6(9)4(2)15(10,13)14/h1,5H,(H,11,12)(H2,10,13,14). The Morgan fingerprint density at radius 1 is 1.40 bits per heavy atom. The van der Waals surface area contributed by atoms with Crippen LogP contribution in [0, 0.1) is 5.95 Å². The van der Waals surface area contributed by atoms with Gasteiger partial charge in [-0.05, 0) is 0 Å². The first kappa shape index (κ1) is 11.7. The van der Waals surface area contributed by atoms with Gasteiger partial charge in [-0.1, -0.05) is 0 Å². The van der Waals surface area contributed by atoms with E-state index in [0.29, 0.717) is 0 Å².